The summed E-state index contributed by atoms with van der Waals surface area (Å²) in [5, 5.41) is -1.68. The molecule has 16 rings (SSSR count). The Morgan fingerprint density at radius 2 is 1.03 bits per heavy atom. The predicted octanol–water partition coefficient (Wildman–Crippen LogP) is 18.2. The van der Waals surface area contributed by atoms with Gasteiger partial charge in [-0.2, -0.15) is 18.2 Å². The zero-order chi connectivity index (χ0) is 78.8. The fourth-order valence-corrected chi connectivity index (χ4v) is 16.4. The van der Waals surface area contributed by atoms with Crippen LogP contribution < -0.4 is 30.1 Å². The molecule has 0 fully saturated rings. The maximum Gasteiger partial charge on any atom is 0.268 e. The van der Waals surface area contributed by atoms with Gasteiger partial charge in [-0.05, 0) is 134 Å². The second-order valence-corrected chi connectivity index (χ2v) is 28.4. The summed E-state index contributed by atoms with van der Waals surface area (Å²) in [7, 11) is -6.20. The molecule has 1 aliphatic heterocycles. The number of para-hydroxylation sites is 3. The first-order valence-corrected chi connectivity index (χ1v) is 32.2. The van der Waals surface area contributed by atoms with Crippen LogP contribution in [0, 0.1) is 18.5 Å². The molecule has 0 spiro atoms. The quantitative estimate of drug-likeness (QED) is 0.0592. The molecule has 0 saturated carbocycles. The molecule has 1 aliphatic rings. The van der Waals surface area contributed by atoms with E-state index in [2.05, 4.69) is 107 Å². The van der Waals surface area contributed by atoms with Crippen LogP contribution in [-0.2, 0) is 31.9 Å². The largest absolute Gasteiger partial charge is 0.510 e. The van der Waals surface area contributed by atoms with Crippen molar-refractivity contribution in [2.75, 3.05) is 0 Å². The van der Waals surface area contributed by atoms with Gasteiger partial charge in [0.1, 0.15) is 5.82 Å². The third-order valence-electron chi connectivity index (χ3n) is 17.3. The molecule has 0 unspecified atom stereocenters. The number of fused-ring (bicyclic) bond motifs is 10. The molecule has 3 aromatic heterocycles. The number of rotatable bonds is 10. The second kappa shape index (κ2) is 23.5. The molecule has 0 aliphatic carbocycles. The Bertz CT molecular complexity index is 6290. The van der Waals surface area contributed by atoms with E-state index in [4.69, 9.17) is 13.8 Å². The summed E-state index contributed by atoms with van der Waals surface area (Å²) < 4.78 is 194. The van der Waals surface area contributed by atoms with Crippen LogP contribution in [0.3, 0.4) is 0 Å². The molecule has 93 heavy (non-hydrogen) atoms. The van der Waals surface area contributed by atoms with Gasteiger partial charge < -0.3 is 13.9 Å². The summed E-state index contributed by atoms with van der Waals surface area (Å²) in [5.74, 6) is 1.54. The Hall–Kier alpha value is -10.2. The summed E-state index contributed by atoms with van der Waals surface area (Å²) in [5.41, 5.74) is 11.3. The van der Waals surface area contributed by atoms with Crippen LogP contribution in [0.25, 0.3) is 106 Å². The molecule has 0 radical (unpaired) electrons. The minimum atomic E-state index is -6.20. The Labute approximate surface area is 586 Å². The molecule has 0 amide bonds. The average Bonchev–Trinajstić information content (AvgIpc) is 0.919. The third-order valence-corrected chi connectivity index (χ3v) is 21.3. The number of ether oxygens (including phenoxy) is 1. The molecule has 5 nitrogen and oxygen atoms in total. The molecule has 0 saturated heterocycles. The van der Waals surface area contributed by atoms with Crippen LogP contribution >= 0.6 is 0 Å². The van der Waals surface area contributed by atoms with Gasteiger partial charge in [-0.3, -0.25) is 4.57 Å². The van der Waals surface area contributed by atoms with Crippen LogP contribution in [0.15, 0.2) is 291 Å². The first-order chi connectivity index (χ1) is 52.8. The molecular weight excluding hydrogens is 1330 g/mol. The molecule has 0 bridgehead atoms. The van der Waals surface area contributed by atoms with E-state index in [-0.39, 0.29) is 37.5 Å². The van der Waals surface area contributed by atoms with Crippen LogP contribution in [0.2, 0.25) is 0 Å². The van der Waals surface area contributed by atoms with Crippen molar-refractivity contribution < 1.29 is 56.4 Å². The molecule has 0 N–H and O–H groups in total. The molecule has 4 heterocycles. The number of imidazole rings is 1. The van der Waals surface area contributed by atoms with E-state index < -0.39 is 149 Å². The van der Waals surface area contributed by atoms with E-state index in [0.717, 1.165) is 72.1 Å². The van der Waals surface area contributed by atoms with Gasteiger partial charge in [-0.15, -0.1) is 29.7 Å². The number of pyridine rings is 1. The average molecular weight is 1410 g/mol. The van der Waals surface area contributed by atoms with E-state index in [1.54, 1.807) is 18.2 Å². The van der Waals surface area contributed by atoms with Crippen LogP contribution in [0.5, 0.6) is 11.5 Å². The topological polar surface area (TPSA) is 35.9 Å². The number of hydrogen-bond donors (Lipinski definition) is 0. The summed E-state index contributed by atoms with van der Waals surface area (Å²) in [6.45, 7) is 12.9. The zero-order valence-electron chi connectivity index (χ0n) is 70.3. The van der Waals surface area contributed by atoms with E-state index in [1.807, 2.05) is 125 Å². The van der Waals surface area contributed by atoms with Crippen LogP contribution in [0.1, 0.15) is 78.7 Å². The third kappa shape index (κ3) is 10.2. The van der Waals surface area contributed by atoms with Crippen LogP contribution in [-0.4, -0.2) is 22.2 Å². The number of benzene rings is 12. The standard InChI is InChI=1S/C86H66N4OSi.Pt/c1-85(2,3)61-45-42-58(43-46-61)70-37-22-38-77-78-53-60(59-24-20-33-69(52-59)92(66-27-10-7-11-28-66,67-29-12-8-13-30-67)68-31-14-9-15-32-68)44-48-73(78)71-34-16-17-35-72(71)76-39-23-41-80-84(76)89(83(70)77)57-88(80)63-25-21-26-64(55-63)91-65-47-49-75-74-36-18-19-40-79(74)90(81(75)56-65)82-54-62(50-51-87-82)86(4,5)6;/h7-54H,1-6H3;/q-2;/i7D,8D,9D,10D,11D,12D,13D,14D,15D,20D,24D,27D,28D,29D,30D,31D,32D,33D,52D;. The van der Waals surface area contributed by atoms with E-state index in [9.17, 15) is 21.9 Å². The monoisotopic (exact) mass is 1410 g/mol. The van der Waals surface area contributed by atoms with Crippen molar-refractivity contribution in [3.63, 3.8) is 0 Å². The first kappa shape index (κ1) is 41.3. The van der Waals surface area contributed by atoms with E-state index in [1.165, 1.54) is 0 Å². The van der Waals surface area contributed by atoms with Crippen molar-refractivity contribution in [3.8, 4) is 84.3 Å². The Kier molecular flexibility index (Phi) is 10.4. The maximum atomic E-state index is 10.8. The smallest absolute Gasteiger partial charge is 0.268 e. The molecule has 15 aromatic rings. The number of aromatic nitrogens is 4. The minimum absolute atomic E-state index is 0. The van der Waals surface area contributed by atoms with Gasteiger partial charge in [-0.25, -0.2) is 4.98 Å². The number of hydrogen-bond acceptors (Lipinski definition) is 2. The van der Waals surface area contributed by atoms with Gasteiger partial charge in [0.05, 0.1) is 42.8 Å². The predicted molar refractivity (Wildman–Crippen MR) is 382 cm³/mol. The van der Waals surface area contributed by atoms with Crippen molar-refractivity contribution in [2.24, 2.45) is 0 Å². The van der Waals surface area contributed by atoms with Gasteiger partial charge in [0.2, 0.25) is 0 Å². The van der Waals surface area contributed by atoms with Crippen molar-refractivity contribution in [2.45, 2.75) is 52.4 Å². The summed E-state index contributed by atoms with van der Waals surface area (Å²) in [6, 6.07) is 42.7. The summed E-state index contributed by atoms with van der Waals surface area (Å²) in [6.07, 6.45) is 5.64. The van der Waals surface area contributed by atoms with Crippen LogP contribution in [0.4, 0.5) is 0 Å². The minimum Gasteiger partial charge on any atom is -0.510 e. The van der Waals surface area contributed by atoms with Gasteiger partial charge in [-0.1, -0.05) is 277 Å². The van der Waals surface area contributed by atoms with Crippen molar-refractivity contribution in [3.05, 3.63) is 320 Å². The molecule has 0 atom stereocenters. The maximum absolute atomic E-state index is 10.8. The van der Waals surface area contributed by atoms with E-state index in [0.29, 0.717) is 45.1 Å². The molecular formula is C86H66N4OPtSi-2. The van der Waals surface area contributed by atoms with Gasteiger partial charge in [0.25, 0.3) is 6.33 Å². The van der Waals surface area contributed by atoms with Crippen molar-refractivity contribution in [1.29, 1.82) is 0 Å². The number of nitrogens with zero attached hydrogens (tertiary/aromatic N) is 4. The Morgan fingerprint density at radius 1 is 0.452 bits per heavy atom. The Balaban J connectivity index is 0.00000992. The Morgan fingerprint density at radius 3 is 1.74 bits per heavy atom. The SMILES string of the molecule is [2H]c1c([2H])c([2H])c([Si](c2c([2H])c([2H])c([2H])c([2H])c2[2H])(c2c([2H])c([2H])c([2H])c([2H])c2[2H])c2c([2H])c([2H])c([2H])c(-c3ccc4c(c3)-c3cccc(-c5ccc(C(C)(C)C)cc5)c3-[n+]3[c-]n(-c5[c-]c(Oc6[c-]c7c(cc6)c6ccccc6n7-c6cc(C(C)(C)C)ccn6)ccc5)c5cccc(c53)-c3ccccc3-4)c2[2H])c([2H])c1[2H].[Pt]. The first-order valence-electron chi connectivity index (χ1n) is 39.7. The van der Waals surface area contributed by atoms with Gasteiger partial charge >= 0.3 is 0 Å². The van der Waals surface area contributed by atoms with Crippen molar-refractivity contribution in [1.82, 2.24) is 14.1 Å². The molecule has 452 valence electrons. The molecule has 7 heteroatoms. The zero-order valence-corrected chi connectivity index (χ0v) is 54.5. The summed E-state index contributed by atoms with van der Waals surface area (Å²) >= 11 is 0. The normalized spacial score (nSPS) is 15.0. The van der Waals surface area contributed by atoms with E-state index >= 15 is 0 Å². The molecule has 12 aromatic carbocycles. The second-order valence-electron chi connectivity index (χ2n) is 24.9. The fourth-order valence-electron chi connectivity index (χ4n) is 12.9. The fraction of sp³-hybridized carbons (Fsp3) is 0.0930. The van der Waals surface area contributed by atoms with Gasteiger partial charge in [0, 0.05) is 44.3 Å². The van der Waals surface area contributed by atoms with Gasteiger partial charge in [0.15, 0.2) is 8.07 Å². The summed E-state index contributed by atoms with van der Waals surface area (Å²) in [4.78, 5) is 4.88. The van der Waals surface area contributed by atoms with Crippen molar-refractivity contribution >= 4 is 61.7 Å².